The van der Waals surface area contributed by atoms with Crippen LogP contribution in [-0.2, 0) is 0 Å². The third-order valence-electron chi connectivity index (χ3n) is 2.23. The zero-order valence-electron chi connectivity index (χ0n) is 7.83. The van der Waals surface area contributed by atoms with Crippen LogP contribution in [0.1, 0.15) is 19.8 Å². The highest BCUT2D eigenvalue weighted by atomic mass is 31.1. The van der Waals surface area contributed by atoms with Crippen molar-refractivity contribution in [2.75, 3.05) is 0 Å². The molecule has 1 aliphatic carbocycles. The van der Waals surface area contributed by atoms with E-state index in [1.165, 1.54) is 31.9 Å². The molecule has 0 aromatic rings. The van der Waals surface area contributed by atoms with E-state index in [2.05, 4.69) is 36.5 Å². The van der Waals surface area contributed by atoms with E-state index in [0.717, 1.165) is 0 Å². The lowest BCUT2D eigenvalue weighted by Crippen LogP contribution is -2.07. The van der Waals surface area contributed by atoms with Crippen LogP contribution in [0, 0.1) is 0 Å². The molecule has 0 aromatic carbocycles. The van der Waals surface area contributed by atoms with Crippen LogP contribution in [-0.4, -0.2) is 5.29 Å². The van der Waals surface area contributed by atoms with Gasteiger partial charge >= 0.3 is 0 Å². The van der Waals surface area contributed by atoms with E-state index >= 15 is 0 Å². The molecule has 0 fully saturated rings. The molecule has 1 heteroatoms. The van der Waals surface area contributed by atoms with Crippen LogP contribution < -0.4 is 0 Å². The summed E-state index contributed by atoms with van der Waals surface area (Å²) in [5, 5.41) is 3.10. The first-order valence-corrected chi connectivity index (χ1v) is 5.59. The normalized spacial score (nSPS) is 22.1. The predicted molar refractivity (Wildman–Crippen MR) is 61.3 cm³/mol. The van der Waals surface area contributed by atoms with E-state index < -0.39 is 0 Å². The molecule has 0 amide bonds. The monoisotopic (exact) mass is 188 g/mol. The average molecular weight is 188 g/mol. The summed E-state index contributed by atoms with van der Waals surface area (Å²) in [5.74, 6) is 0. The Morgan fingerprint density at radius 3 is 3.08 bits per heavy atom. The zero-order chi connectivity index (χ0) is 9.10. The standard InChI is InChI=1S/C12H13P/c1-2-3-4-8-11-10-7-5-6-9-12(10)13-11/h2-5,7-8H,6,9H2,1H3/b3-2-,8-4-. The Hall–Kier alpha value is -0.870. The highest BCUT2D eigenvalue weighted by Crippen LogP contribution is 2.40. The topological polar surface area (TPSA) is 0 Å². The lowest BCUT2D eigenvalue weighted by Gasteiger charge is -2.21. The number of hydrogen-bond acceptors (Lipinski definition) is 0. The summed E-state index contributed by atoms with van der Waals surface area (Å²) in [6.45, 7) is 2.04. The molecule has 1 aliphatic heterocycles. The highest BCUT2D eigenvalue weighted by Gasteiger charge is 2.17. The summed E-state index contributed by atoms with van der Waals surface area (Å²) >= 11 is 0. The molecule has 1 heterocycles. The molecular formula is C12H13P. The van der Waals surface area contributed by atoms with Gasteiger partial charge in [-0.25, -0.2) is 0 Å². The number of rotatable bonds is 2. The van der Waals surface area contributed by atoms with Crippen LogP contribution in [0.15, 0.2) is 47.3 Å². The molecule has 0 radical (unpaired) electrons. The second-order valence-corrected chi connectivity index (χ2v) is 4.43. The van der Waals surface area contributed by atoms with Crippen LogP contribution in [0.2, 0.25) is 0 Å². The van der Waals surface area contributed by atoms with Gasteiger partial charge in [-0.3, -0.25) is 0 Å². The van der Waals surface area contributed by atoms with Gasteiger partial charge in [-0.1, -0.05) is 38.6 Å². The summed E-state index contributed by atoms with van der Waals surface area (Å²) < 4.78 is 0. The SMILES string of the molecule is C/C=C\C=C/C1=PC2=C1C=CCC2. The van der Waals surface area contributed by atoms with Crippen molar-refractivity contribution in [3.05, 3.63) is 47.3 Å². The van der Waals surface area contributed by atoms with E-state index in [4.69, 9.17) is 0 Å². The predicted octanol–water partition coefficient (Wildman–Crippen LogP) is 3.86. The van der Waals surface area contributed by atoms with Crippen molar-refractivity contribution in [1.29, 1.82) is 0 Å². The summed E-state index contributed by atoms with van der Waals surface area (Å²) in [6, 6.07) is 0. The van der Waals surface area contributed by atoms with Crippen molar-refractivity contribution in [3.63, 3.8) is 0 Å². The maximum atomic E-state index is 2.27. The van der Waals surface area contributed by atoms with Gasteiger partial charge in [-0.05, 0) is 36.7 Å². The van der Waals surface area contributed by atoms with Crippen molar-refractivity contribution in [3.8, 4) is 0 Å². The largest absolute Gasteiger partial charge is 0.0877 e. The van der Waals surface area contributed by atoms with Gasteiger partial charge in [0, 0.05) is 5.29 Å². The molecule has 0 bridgehead atoms. The zero-order valence-corrected chi connectivity index (χ0v) is 8.72. The minimum atomic E-state index is 1.23. The van der Waals surface area contributed by atoms with Crippen LogP contribution in [0.3, 0.4) is 0 Å². The van der Waals surface area contributed by atoms with Gasteiger partial charge < -0.3 is 0 Å². The average Bonchev–Trinajstić information content (AvgIpc) is 2.13. The molecular weight excluding hydrogens is 175 g/mol. The molecule has 0 saturated heterocycles. The second kappa shape index (κ2) is 3.89. The summed E-state index contributed by atoms with van der Waals surface area (Å²) in [7, 11) is 1.45. The van der Waals surface area contributed by atoms with Crippen molar-refractivity contribution >= 4 is 13.5 Å². The third-order valence-corrected chi connectivity index (χ3v) is 3.60. The Morgan fingerprint density at radius 1 is 1.38 bits per heavy atom. The van der Waals surface area contributed by atoms with Gasteiger partial charge in [0.1, 0.15) is 0 Å². The molecule has 66 valence electrons. The van der Waals surface area contributed by atoms with Crippen LogP contribution in [0.25, 0.3) is 0 Å². The first-order chi connectivity index (χ1) is 6.42. The first-order valence-electron chi connectivity index (χ1n) is 4.70. The van der Waals surface area contributed by atoms with Gasteiger partial charge in [0.2, 0.25) is 0 Å². The summed E-state index contributed by atoms with van der Waals surface area (Å²) in [6.07, 6.45) is 15.5. The fourth-order valence-corrected chi connectivity index (χ4v) is 2.71. The van der Waals surface area contributed by atoms with Gasteiger partial charge in [0.05, 0.1) is 0 Å². The molecule has 2 aliphatic rings. The van der Waals surface area contributed by atoms with Crippen molar-refractivity contribution in [1.82, 2.24) is 0 Å². The maximum Gasteiger partial charge on any atom is 0.00992 e. The molecule has 0 aromatic heterocycles. The van der Waals surface area contributed by atoms with Crippen LogP contribution >= 0.6 is 8.20 Å². The minimum Gasteiger partial charge on any atom is -0.0877 e. The van der Waals surface area contributed by atoms with Gasteiger partial charge in [-0.15, -0.1) is 0 Å². The number of hydrogen-bond donors (Lipinski definition) is 0. The van der Waals surface area contributed by atoms with Gasteiger partial charge in [0.25, 0.3) is 0 Å². The molecule has 0 nitrogen and oxygen atoms in total. The Bertz CT molecular complexity index is 351. The maximum absolute atomic E-state index is 2.27. The molecule has 0 atom stereocenters. The minimum absolute atomic E-state index is 1.23. The van der Waals surface area contributed by atoms with Gasteiger partial charge in [0.15, 0.2) is 0 Å². The second-order valence-electron chi connectivity index (χ2n) is 3.18. The molecule has 0 saturated carbocycles. The lowest BCUT2D eigenvalue weighted by molar-refractivity contribution is 1.01. The first kappa shape index (κ1) is 8.72. The Labute approximate surface area is 81.2 Å². The van der Waals surface area contributed by atoms with Crippen molar-refractivity contribution < 1.29 is 0 Å². The number of allylic oxidation sites excluding steroid dienone is 8. The fourth-order valence-electron chi connectivity index (χ4n) is 1.54. The Kier molecular flexibility index (Phi) is 2.61. The molecule has 0 spiro atoms. The summed E-state index contributed by atoms with van der Waals surface area (Å²) in [4.78, 5) is 0. The van der Waals surface area contributed by atoms with Crippen LogP contribution in [0.5, 0.6) is 0 Å². The molecule has 2 rings (SSSR count). The van der Waals surface area contributed by atoms with Gasteiger partial charge in [-0.2, -0.15) is 0 Å². The third kappa shape index (κ3) is 1.73. The van der Waals surface area contributed by atoms with E-state index in [9.17, 15) is 0 Å². The Balaban J connectivity index is 2.03. The van der Waals surface area contributed by atoms with Crippen molar-refractivity contribution in [2.45, 2.75) is 19.8 Å². The van der Waals surface area contributed by atoms with Crippen LogP contribution in [0.4, 0.5) is 0 Å². The molecule has 0 unspecified atom stereocenters. The van der Waals surface area contributed by atoms with Crippen molar-refractivity contribution in [2.24, 2.45) is 0 Å². The van der Waals surface area contributed by atoms with E-state index in [0.29, 0.717) is 0 Å². The highest BCUT2D eigenvalue weighted by molar-refractivity contribution is 7.49. The van der Waals surface area contributed by atoms with E-state index in [-0.39, 0.29) is 0 Å². The van der Waals surface area contributed by atoms with E-state index in [1.807, 2.05) is 6.92 Å². The quantitative estimate of drug-likeness (QED) is 0.456. The Morgan fingerprint density at radius 2 is 2.31 bits per heavy atom. The molecule has 0 N–H and O–H groups in total. The summed E-state index contributed by atoms with van der Waals surface area (Å²) in [5.41, 5.74) is 1.49. The lowest BCUT2D eigenvalue weighted by atomic mass is 10.0. The van der Waals surface area contributed by atoms with E-state index in [1.54, 1.807) is 5.31 Å². The fraction of sp³-hybridized carbons (Fsp3) is 0.250. The smallest absolute Gasteiger partial charge is 0.00992 e. The molecule has 13 heavy (non-hydrogen) atoms.